The van der Waals surface area contributed by atoms with Crippen molar-refractivity contribution in [1.29, 1.82) is 0 Å². The summed E-state index contributed by atoms with van der Waals surface area (Å²) in [5, 5.41) is 3.22. The van der Waals surface area contributed by atoms with Crippen molar-refractivity contribution >= 4 is 23.2 Å². The molecule has 2 aromatic carbocycles. The molecule has 0 bridgehead atoms. The van der Waals surface area contributed by atoms with Crippen LogP contribution >= 0.6 is 11.6 Å². The molecule has 27 heavy (non-hydrogen) atoms. The van der Waals surface area contributed by atoms with E-state index in [0.717, 1.165) is 22.4 Å². The Morgan fingerprint density at radius 3 is 2.41 bits per heavy atom. The van der Waals surface area contributed by atoms with E-state index < -0.39 is 0 Å². The molecule has 0 aliphatic rings. The molecule has 1 amide bonds. The molecule has 3 aromatic rings. The minimum atomic E-state index is -0.311. The van der Waals surface area contributed by atoms with Crippen LogP contribution in [0.4, 0.5) is 5.69 Å². The van der Waals surface area contributed by atoms with Crippen molar-refractivity contribution in [2.75, 3.05) is 11.9 Å². The Morgan fingerprint density at radius 2 is 1.70 bits per heavy atom. The predicted molar refractivity (Wildman–Crippen MR) is 107 cm³/mol. The number of amides is 1. The minimum Gasteiger partial charge on any atom is -0.467 e. The van der Waals surface area contributed by atoms with Crippen LogP contribution in [0.1, 0.15) is 16.8 Å². The van der Waals surface area contributed by atoms with Gasteiger partial charge in [-0.05, 0) is 38.5 Å². The Morgan fingerprint density at radius 1 is 1.00 bits per heavy atom. The number of nitrogens with one attached hydrogen (secondary N) is 1. The number of anilines is 1. The fourth-order valence-electron chi connectivity index (χ4n) is 2.49. The number of rotatable bonds is 5. The second-order valence-corrected chi connectivity index (χ2v) is 6.76. The molecule has 0 aliphatic carbocycles. The van der Waals surface area contributed by atoms with E-state index in [0.29, 0.717) is 22.4 Å². The molecule has 5 nitrogen and oxygen atoms in total. The average molecular weight is 382 g/mol. The number of aryl methyl sites for hydroxylation is 3. The molecule has 0 atom stereocenters. The van der Waals surface area contributed by atoms with Gasteiger partial charge in [-0.3, -0.25) is 4.79 Å². The van der Waals surface area contributed by atoms with Crippen molar-refractivity contribution in [3.8, 4) is 17.3 Å². The van der Waals surface area contributed by atoms with Gasteiger partial charge in [0, 0.05) is 17.3 Å². The van der Waals surface area contributed by atoms with Gasteiger partial charge < -0.3 is 10.1 Å². The zero-order valence-corrected chi connectivity index (χ0v) is 16.2. The van der Waals surface area contributed by atoms with Crippen LogP contribution in [0.2, 0.25) is 5.02 Å². The third kappa shape index (κ3) is 5.05. The van der Waals surface area contributed by atoms with Crippen LogP contribution in [-0.4, -0.2) is 22.5 Å². The molecule has 1 N–H and O–H groups in total. The number of hydrogen-bond acceptors (Lipinski definition) is 4. The summed E-state index contributed by atoms with van der Waals surface area (Å²) >= 11 is 6.14. The third-order valence-corrected chi connectivity index (χ3v) is 4.20. The largest absolute Gasteiger partial charge is 0.467 e. The second kappa shape index (κ2) is 8.18. The number of nitrogens with zero attached hydrogens (tertiary/aromatic N) is 2. The van der Waals surface area contributed by atoms with Crippen LogP contribution in [0.5, 0.6) is 5.88 Å². The normalized spacial score (nSPS) is 10.5. The molecule has 6 heteroatoms. The summed E-state index contributed by atoms with van der Waals surface area (Å²) < 4.78 is 5.56. The predicted octanol–water partition coefficient (Wildman–Crippen LogP) is 4.74. The monoisotopic (exact) mass is 381 g/mol. The van der Waals surface area contributed by atoms with Crippen molar-refractivity contribution in [3.05, 3.63) is 70.4 Å². The number of carbonyl (C=O) groups is 1. The third-order valence-electron chi connectivity index (χ3n) is 3.89. The summed E-state index contributed by atoms with van der Waals surface area (Å²) in [6, 6.07) is 15.0. The van der Waals surface area contributed by atoms with Gasteiger partial charge in [0.1, 0.15) is 0 Å². The van der Waals surface area contributed by atoms with Gasteiger partial charge in [-0.1, -0.05) is 47.5 Å². The van der Waals surface area contributed by atoms with E-state index in [4.69, 9.17) is 16.3 Å². The van der Waals surface area contributed by atoms with E-state index in [9.17, 15) is 4.79 Å². The highest BCUT2D eigenvalue weighted by Gasteiger charge is 2.10. The number of carbonyl (C=O) groups excluding carboxylic acids is 1. The molecule has 0 saturated carbocycles. The SMILES string of the molecule is Cc1ccc(-c2nc(C)cc(OCC(=O)Nc3ccc(C)cc3Cl)n2)cc1. The highest BCUT2D eigenvalue weighted by molar-refractivity contribution is 6.33. The lowest BCUT2D eigenvalue weighted by atomic mass is 10.1. The summed E-state index contributed by atoms with van der Waals surface area (Å²) in [4.78, 5) is 21.0. The topological polar surface area (TPSA) is 64.1 Å². The van der Waals surface area contributed by atoms with E-state index in [1.807, 2.05) is 51.1 Å². The van der Waals surface area contributed by atoms with Gasteiger partial charge in [-0.15, -0.1) is 0 Å². The average Bonchev–Trinajstić information content (AvgIpc) is 2.62. The van der Waals surface area contributed by atoms with Gasteiger partial charge in [-0.25, -0.2) is 4.98 Å². The molecule has 0 saturated heterocycles. The smallest absolute Gasteiger partial charge is 0.262 e. The molecule has 138 valence electrons. The fraction of sp³-hybridized carbons (Fsp3) is 0.190. The van der Waals surface area contributed by atoms with Crippen molar-refractivity contribution in [2.45, 2.75) is 20.8 Å². The molecule has 1 aromatic heterocycles. The molecular formula is C21H20ClN3O2. The highest BCUT2D eigenvalue weighted by Crippen LogP contribution is 2.23. The van der Waals surface area contributed by atoms with E-state index in [2.05, 4.69) is 15.3 Å². The van der Waals surface area contributed by atoms with E-state index in [-0.39, 0.29) is 12.5 Å². The van der Waals surface area contributed by atoms with Gasteiger partial charge in [0.2, 0.25) is 5.88 Å². The first-order valence-corrected chi connectivity index (χ1v) is 8.90. The van der Waals surface area contributed by atoms with E-state index in [1.54, 1.807) is 18.2 Å². The lowest BCUT2D eigenvalue weighted by Gasteiger charge is -2.10. The summed E-state index contributed by atoms with van der Waals surface area (Å²) in [6.07, 6.45) is 0. The summed E-state index contributed by atoms with van der Waals surface area (Å²) in [5.41, 5.74) is 4.39. The fourth-order valence-corrected chi connectivity index (χ4v) is 2.77. The molecule has 0 fully saturated rings. The number of hydrogen-bond donors (Lipinski definition) is 1. The zero-order chi connectivity index (χ0) is 19.4. The molecule has 1 heterocycles. The van der Waals surface area contributed by atoms with Crippen LogP contribution in [0.25, 0.3) is 11.4 Å². The van der Waals surface area contributed by atoms with Crippen molar-refractivity contribution in [1.82, 2.24) is 9.97 Å². The first-order valence-electron chi connectivity index (χ1n) is 8.52. The van der Waals surface area contributed by atoms with E-state index in [1.165, 1.54) is 0 Å². The van der Waals surface area contributed by atoms with E-state index >= 15 is 0 Å². The number of benzene rings is 2. The van der Waals surface area contributed by atoms with Gasteiger partial charge in [-0.2, -0.15) is 4.98 Å². The second-order valence-electron chi connectivity index (χ2n) is 6.36. The molecule has 0 aliphatic heterocycles. The summed E-state index contributed by atoms with van der Waals surface area (Å²) in [7, 11) is 0. The molecule has 0 radical (unpaired) electrons. The maximum absolute atomic E-state index is 12.2. The van der Waals surface area contributed by atoms with Crippen LogP contribution < -0.4 is 10.1 Å². The van der Waals surface area contributed by atoms with Crippen molar-refractivity contribution in [3.63, 3.8) is 0 Å². The maximum atomic E-state index is 12.2. The Hall–Kier alpha value is -2.92. The highest BCUT2D eigenvalue weighted by atomic mass is 35.5. The quantitative estimate of drug-likeness (QED) is 0.693. The Kier molecular flexibility index (Phi) is 5.72. The lowest BCUT2D eigenvalue weighted by Crippen LogP contribution is -2.20. The molecule has 3 rings (SSSR count). The molecule has 0 unspecified atom stereocenters. The molecular weight excluding hydrogens is 362 g/mol. The Bertz CT molecular complexity index is 972. The van der Waals surface area contributed by atoms with Crippen LogP contribution in [-0.2, 0) is 4.79 Å². The Balaban J connectivity index is 1.68. The van der Waals surface area contributed by atoms with Gasteiger partial charge in [0.05, 0.1) is 10.7 Å². The summed E-state index contributed by atoms with van der Waals surface area (Å²) in [5.74, 6) is 0.601. The van der Waals surface area contributed by atoms with Crippen LogP contribution in [0.15, 0.2) is 48.5 Å². The zero-order valence-electron chi connectivity index (χ0n) is 15.4. The minimum absolute atomic E-state index is 0.173. The van der Waals surface area contributed by atoms with Gasteiger partial charge in [0.25, 0.3) is 5.91 Å². The maximum Gasteiger partial charge on any atom is 0.262 e. The Labute approximate surface area is 163 Å². The lowest BCUT2D eigenvalue weighted by molar-refractivity contribution is -0.118. The standard InChI is InChI=1S/C21H20ClN3O2/c1-13-4-7-16(8-5-13)21-23-15(3)11-20(25-21)27-12-19(26)24-18-9-6-14(2)10-17(18)22/h4-11H,12H2,1-3H3,(H,24,26). The van der Waals surface area contributed by atoms with Crippen molar-refractivity contribution in [2.24, 2.45) is 0 Å². The number of ether oxygens (including phenoxy) is 1. The molecule has 0 spiro atoms. The number of aromatic nitrogens is 2. The van der Waals surface area contributed by atoms with Crippen molar-refractivity contribution < 1.29 is 9.53 Å². The number of halogens is 1. The first-order chi connectivity index (χ1) is 12.9. The first kappa shape index (κ1) is 18.9. The van der Waals surface area contributed by atoms with Gasteiger partial charge >= 0.3 is 0 Å². The van der Waals surface area contributed by atoms with Crippen LogP contribution in [0, 0.1) is 20.8 Å². The summed E-state index contributed by atoms with van der Waals surface area (Å²) in [6.45, 7) is 5.64. The van der Waals surface area contributed by atoms with Crippen LogP contribution in [0.3, 0.4) is 0 Å². The van der Waals surface area contributed by atoms with Gasteiger partial charge in [0.15, 0.2) is 12.4 Å².